The highest BCUT2D eigenvalue weighted by atomic mass is 16.6. The number of urea groups is 1. The van der Waals surface area contributed by atoms with Crippen LogP contribution in [0.1, 0.15) is 64.5 Å². The maximum atomic E-state index is 12.9. The van der Waals surface area contributed by atoms with Gasteiger partial charge < -0.3 is 25.4 Å². The average molecular weight is 468 g/mol. The third-order valence-electron chi connectivity index (χ3n) is 5.64. The summed E-state index contributed by atoms with van der Waals surface area (Å²) >= 11 is 0. The number of allylic oxidation sites excluding steroid dienone is 1. The molecule has 6 nitrogen and oxygen atoms in total. The van der Waals surface area contributed by atoms with E-state index >= 15 is 0 Å². The number of nitrogens with one attached hydrogen (secondary N) is 2. The van der Waals surface area contributed by atoms with Gasteiger partial charge in [-0.25, -0.2) is 4.79 Å². The van der Waals surface area contributed by atoms with Gasteiger partial charge in [-0.1, -0.05) is 50.5 Å². The number of benzene rings is 2. The van der Waals surface area contributed by atoms with Gasteiger partial charge in [-0.2, -0.15) is 0 Å². The largest absolute Gasteiger partial charge is 0.370 e. The van der Waals surface area contributed by atoms with E-state index in [-0.39, 0.29) is 6.03 Å². The Kier molecular flexibility index (Phi) is 11.6. The van der Waals surface area contributed by atoms with Gasteiger partial charge in [0.25, 0.3) is 0 Å². The number of anilines is 3. The lowest BCUT2D eigenvalue weighted by Crippen LogP contribution is -2.28. The summed E-state index contributed by atoms with van der Waals surface area (Å²) in [4.78, 5) is 15.3. The van der Waals surface area contributed by atoms with Crippen LogP contribution < -0.4 is 15.5 Å². The van der Waals surface area contributed by atoms with E-state index in [1.54, 1.807) is 6.08 Å². The molecule has 34 heavy (non-hydrogen) atoms. The van der Waals surface area contributed by atoms with Gasteiger partial charge in [0.15, 0.2) is 6.29 Å². The van der Waals surface area contributed by atoms with Crippen LogP contribution in [0.5, 0.6) is 0 Å². The lowest BCUT2D eigenvalue weighted by Gasteiger charge is -2.28. The Morgan fingerprint density at radius 3 is 2.26 bits per heavy atom. The summed E-state index contributed by atoms with van der Waals surface area (Å²) in [6.45, 7) is 12.5. The first-order valence-corrected chi connectivity index (χ1v) is 12.4. The van der Waals surface area contributed by atoms with E-state index in [2.05, 4.69) is 35.4 Å². The van der Waals surface area contributed by atoms with E-state index < -0.39 is 6.29 Å². The van der Waals surface area contributed by atoms with E-state index in [4.69, 9.17) is 4.74 Å². The molecule has 0 aliphatic rings. The first-order chi connectivity index (χ1) is 16.4. The quantitative estimate of drug-likeness (QED) is 0.283. The Morgan fingerprint density at radius 1 is 1.03 bits per heavy atom. The fourth-order valence-corrected chi connectivity index (χ4v) is 3.66. The highest BCUT2D eigenvalue weighted by Gasteiger charge is 2.15. The molecule has 1 unspecified atom stereocenters. The SMILES string of the molecule is CCCCN(CCCC)c1ccc(/C(C)=C\C(O)OCC)cc1NC(=O)Nc1ccc(C)cc1. The van der Waals surface area contributed by atoms with Gasteiger partial charge in [0.05, 0.1) is 11.4 Å². The van der Waals surface area contributed by atoms with Crippen LogP contribution >= 0.6 is 0 Å². The van der Waals surface area contributed by atoms with Crippen LogP contribution in [0.2, 0.25) is 0 Å². The van der Waals surface area contributed by atoms with Gasteiger partial charge in [-0.15, -0.1) is 0 Å². The predicted octanol–water partition coefficient (Wildman–Crippen LogP) is 6.80. The Hall–Kier alpha value is -2.83. The molecule has 0 fully saturated rings. The Labute approximate surface area is 205 Å². The lowest BCUT2D eigenvalue weighted by molar-refractivity contribution is -0.0583. The van der Waals surface area contributed by atoms with Crippen molar-refractivity contribution in [3.05, 3.63) is 59.7 Å². The van der Waals surface area contributed by atoms with E-state index in [0.717, 1.165) is 72.5 Å². The summed E-state index contributed by atoms with van der Waals surface area (Å²) in [5, 5.41) is 16.0. The van der Waals surface area contributed by atoms with E-state index in [0.29, 0.717) is 6.61 Å². The second-order valence-electron chi connectivity index (χ2n) is 8.57. The molecule has 0 spiro atoms. The number of carbonyl (C=O) groups is 1. The summed E-state index contributed by atoms with van der Waals surface area (Å²) in [6, 6.07) is 13.5. The Balaban J connectivity index is 2.36. The molecule has 3 N–H and O–H groups in total. The zero-order valence-corrected chi connectivity index (χ0v) is 21.4. The molecule has 0 bridgehead atoms. The monoisotopic (exact) mass is 467 g/mol. The number of aliphatic hydroxyl groups is 1. The molecule has 2 aromatic carbocycles. The average Bonchev–Trinajstić information content (AvgIpc) is 2.81. The minimum atomic E-state index is -0.962. The molecule has 0 heterocycles. The molecular weight excluding hydrogens is 426 g/mol. The second kappa shape index (κ2) is 14.4. The summed E-state index contributed by atoms with van der Waals surface area (Å²) in [5.41, 5.74) is 5.42. The molecule has 6 heteroatoms. The van der Waals surface area contributed by atoms with Gasteiger partial charge in [0.1, 0.15) is 0 Å². The first kappa shape index (κ1) is 27.4. The van der Waals surface area contributed by atoms with E-state index in [9.17, 15) is 9.90 Å². The third-order valence-corrected chi connectivity index (χ3v) is 5.64. The molecule has 0 aliphatic carbocycles. The molecule has 0 saturated carbocycles. The topological polar surface area (TPSA) is 73.8 Å². The Bertz CT molecular complexity index is 917. The third kappa shape index (κ3) is 8.84. The van der Waals surface area contributed by atoms with Crippen molar-refractivity contribution >= 4 is 28.7 Å². The van der Waals surface area contributed by atoms with Gasteiger partial charge in [-0.3, -0.25) is 0 Å². The van der Waals surface area contributed by atoms with Crippen molar-refractivity contribution in [1.82, 2.24) is 0 Å². The molecule has 186 valence electrons. The van der Waals surface area contributed by atoms with Crippen LogP contribution in [-0.2, 0) is 4.74 Å². The fourth-order valence-electron chi connectivity index (χ4n) is 3.66. The minimum absolute atomic E-state index is 0.288. The molecule has 2 rings (SSSR count). The molecule has 0 aromatic heterocycles. The fraction of sp³-hybridized carbons (Fsp3) is 0.464. The van der Waals surface area contributed by atoms with Crippen molar-refractivity contribution in [2.75, 3.05) is 35.2 Å². The van der Waals surface area contributed by atoms with Crippen molar-refractivity contribution in [2.45, 2.75) is 66.6 Å². The van der Waals surface area contributed by atoms with Crippen LogP contribution in [0, 0.1) is 6.92 Å². The number of hydrogen-bond acceptors (Lipinski definition) is 4. The Morgan fingerprint density at radius 2 is 1.68 bits per heavy atom. The number of amides is 2. The molecule has 0 saturated heterocycles. The number of aryl methyl sites for hydroxylation is 1. The zero-order valence-electron chi connectivity index (χ0n) is 21.4. The van der Waals surface area contributed by atoms with Gasteiger partial charge in [-0.05, 0) is 75.1 Å². The number of nitrogens with zero attached hydrogens (tertiary/aromatic N) is 1. The second-order valence-corrected chi connectivity index (χ2v) is 8.57. The summed E-state index contributed by atoms with van der Waals surface area (Å²) < 4.78 is 5.25. The van der Waals surface area contributed by atoms with Crippen LogP contribution in [-0.4, -0.2) is 37.1 Å². The highest BCUT2D eigenvalue weighted by molar-refractivity contribution is 6.02. The standard InChI is InChI=1S/C28H41N3O3/c1-6-9-17-31(18-10-7-2)26-16-13-23(22(5)19-27(32)34-8-3)20-25(26)30-28(33)29-24-14-11-21(4)12-15-24/h11-16,19-20,27,32H,6-10,17-18H2,1-5H3,(H2,29,30,33)/b22-19-. The number of carbonyl (C=O) groups excluding carboxylic acids is 1. The summed E-state index contributed by atoms with van der Waals surface area (Å²) in [5.74, 6) is 0. The minimum Gasteiger partial charge on any atom is -0.370 e. The van der Waals surface area contributed by atoms with E-state index in [1.165, 1.54) is 0 Å². The predicted molar refractivity (Wildman–Crippen MR) is 144 cm³/mol. The number of aliphatic hydroxyl groups excluding tert-OH is 1. The van der Waals surface area contributed by atoms with Gasteiger partial charge in [0, 0.05) is 25.4 Å². The summed E-state index contributed by atoms with van der Waals surface area (Å²) in [7, 11) is 0. The van der Waals surface area contributed by atoms with Crippen LogP contribution in [0.3, 0.4) is 0 Å². The lowest BCUT2D eigenvalue weighted by atomic mass is 10.0. The highest BCUT2D eigenvalue weighted by Crippen LogP contribution is 2.31. The maximum absolute atomic E-state index is 12.9. The number of unbranched alkanes of at least 4 members (excludes halogenated alkanes) is 2. The van der Waals surface area contributed by atoms with Gasteiger partial charge in [0.2, 0.25) is 0 Å². The van der Waals surface area contributed by atoms with Crippen molar-refractivity contribution in [2.24, 2.45) is 0 Å². The number of ether oxygens (including phenoxy) is 1. The molecule has 2 amide bonds. The molecule has 0 radical (unpaired) electrons. The van der Waals surface area contributed by atoms with Crippen molar-refractivity contribution in [3.8, 4) is 0 Å². The van der Waals surface area contributed by atoms with Crippen molar-refractivity contribution < 1.29 is 14.6 Å². The van der Waals surface area contributed by atoms with Crippen LogP contribution in [0.4, 0.5) is 21.9 Å². The van der Waals surface area contributed by atoms with Gasteiger partial charge >= 0.3 is 6.03 Å². The van der Waals surface area contributed by atoms with Crippen LogP contribution in [0.15, 0.2) is 48.5 Å². The van der Waals surface area contributed by atoms with Crippen LogP contribution in [0.25, 0.3) is 5.57 Å². The normalized spacial score (nSPS) is 12.4. The maximum Gasteiger partial charge on any atom is 0.323 e. The number of hydrogen-bond donors (Lipinski definition) is 3. The first-order valence-electron chi connectivity index (χ1n) is 12.4. The smallest absolute Gasteiger partial charge is 0.323 e. The number of rotatable bonds is 13. The van der Waals surface area contributed by atoms with Crippen molar-refractivity contribution in [1.29, 1.82) is 0 Å². The molecule has 0 aliphatic heterocycles. The zero-order chi connectivity index (χ0) is 24.9. The summed E-state index contributed by atoms with van der Waals surface area (Å²) in [6.07, 6.45) is 5.10. The molecule has 2 aromatic rings. The van der Waals surface area contributed by atoms with E-state index in [1.807, 2.05) is 57.2 Å². The van der Waals surface area contributed by atoms with Crippen molar-refractivity contribution in [3.63, 3.8) is 0 Å². The molecular formula is C28H41N3O3. The molecule has 1 atom stereocenters.